The van der Waals surface area contributed by atoms with Gasteiger partial charge in [0, 0.05) is 0 Å². The molecule has 0 aliphatic rings. The van der Waals surface area contributed by atoms with Gasteiger partial charge < -0.3 is 0 Å². The first-order valence-corrected chi connectivity index (χ1v) is 5.09. The normalized spacial score (nSPS) is 16.0. The van der Waals surface area contributed by atoms with Crippen LogP contribution in [0.3, 0.4) is 0 Å². The first kappa shape index (κ1) is 12.4. The highest BCUT2D eigenvalue weighted by molar-refractivity contribution is 7.88. The molecule has 0 fully saturated rings. The topological polar surface area (TPSA) is 0 Å². The van der Waals surface area contributed by atoms with E-state index < -0.39 is 0 Å². The summed E-state index contributed by atoms with van der Waals surface area (Å²) in [7, 11) is 0. The van der Waals surface area contributed by atoms with Gasteiger partial charge in [-0.25, -0.2) is 0 Å². The Labute approximate surface area is 87.6 Å². The summed E-state index contributed by atoms with van der Waals surface area (Å²) in [4.78, 5) is 2.16. The summed E-state index contributed by atoms with van der Waals surface area (Å²) in [6.07, 6.45) is 0. The van der Waals surface area contributed by atoms with Crippen LogP contribution in [0.1, 0.15) is 41.5 Å². The van der Waals surface area contributed by atoms with Gasteiger partial charge in [-0.05, 0) is 20.6 Å². The van der Waals surface area contributed by atoms with Gasteiger partial charge >= 0.3 is 0 Å². The Hall–Kier alpha value is 0.440. The zero-order valence-electron chi connectivity index (χ0n) is 8.89. The Kier molecular flexibility index (Phi) is 3.80. The number of hydrogen-bond donors (Lipinski definition) is 2. The van der Waals surface area contributed by atoms with Gasteiger partial charge in [0.25, 0.3) is 0 Å². The predicted molar refractivity (Wildman–Crippen MR) is 63.9 cm³/mol. The molecule has 0 aromatic heterocycles. The minimum absolute atomic E-state index is 0.105. The molecule has 0 aliphatic heterocycles. The summed E-state index contributed by atoms with van der Waals surface area (Å²) >= 11 is 9.00. The molecule has 0 saturated carbocycles. The van der Waals surface area contributed by atoms with Crippen molar-refractivity contribution < 1.29 is 0 Å². The Balaban J connectivity index is 4.96. The van der Waals surface area contributed by atoms with E-state index in [4.69, 9.17) is 0 Å². The number of hydrogen-bond acceptors (Lipinski definition) is 2. The average Bonchev–Trinajstić information content (AvgIpc) is 1.80. The Morgan fingerprint density at radius 1 is 0.667 bits per heavy atom. The van der Waals surface area contributed by atoms with Crippen LogP contribution in [0.5, 0.6) is 0 Å². The minimum Gasteiger partial charge on any atom is -0.146 e. The van der Waals surface area contributed by atoms with Gasteiger partial charge in [0.05, 0.1) is 0 Å². The van der Waals surface area contributed by atoms with E-state index in [1.165, 1.54) is 0 Å². The molecule has 0 radical (unpaired) electrons. The van der Waals surface area contributed by atoms with Gasteiger partial charge in [-0.2, -0.15) is 0 Å². The summed E-state index contributed by atoms with van der Waals surface area (Å²) < 4.78 is 0. The van der Waals surface area contributed by atoms with Crippen molar-refractivity contribution in [3.8, 4) is 0 Å². The third-order valence-corrected chi connectivity index (χ3v) is 3.61. The summed E-state index contributed by atoms with van der Waals surface area (Å²) in [5.74, 6) is 0. The Morgan fingerprint density at radius 2 is 0.833 bits per heavy atom. The Morgan fingerprint density at radius 3 is 0.917 bits per heavy atom. The van der Waals surface area contributed by atoms with E-state index in [0.717, 1.165) is 9.81 Å². The van der Waals surface area contributed by atoms with E-state index in [0.29, 0.717) is 0 Å². The third kappa shape index (κ3) is 3.44. The van der Waals surface area contributed by atoms with Crippen molar-refractivity contribution in [2.24, 2.45) is 10.8 Å². The fraction of sp³-hybridized carbons (Fsp3) is 0.800. The van der Waals surface area contributed by atoms with Gasteiger partial charge in [-0.15, -0.1) is 25.3 Å². The SMILES string of the molecule is CC(C)(C)/C(S)=C(\S)C(C)(C)C. The van der Waals surface area contributed by atoms with Crippen molar-refractivity contribution in [2.75, 3.05) is 0 Å². The van der Waals surface area contributed by atoms with Crippen LogP contribution in [-0.4, -0.2) is 0 Å². The van der Waals surface area contributed by atoms with E-state index in [2.05, 4.69) is 66.8 Å². The van der Waals surface area contributed by atoms with Crippen LogP contribution in [0.15, 0.2) is 9.81 Å². The molecule has 0 nitrogen and oxygen atoms in total. The lowest BCUT2D eigenvalue weighted by atomic mass is 9.88. The quantitative estimate of drug-likeness (QED) is 0.544. The average molecular weight is 204 g/mol. The van der Waals surface area contributed by atoms with Gasteiger partial charge in [0.1, 0.15) is 0 Å². The number of allylic oxidation sites excluding steroid dienone is 2. The summed E-state index contributed by atoms with van der Waals surface area (Å²) in [5, 5.41) is 0. The van der Waals surface area contributed by atoms with Gasteiger partial charge in [-0.3, -0.25) is 0 Å². The van der Waals surface area contributed by atoms with Crippen molar-refractivity contribution in [2.45, 2.75) is 41.5 Å². The highest BCUT2D eigenvalue weighted by Crippen LogP contribution is 2.40. The number of thiol groups is 2. The highest BCUT2D eigenvalue weighted by Gasteiger charge is 2.23. The van der Waals surface area contributed by atoms with E-state index in [-0.39, 0.29) is 10.8 Å². The molecule has 12 heavy (non-hydrogen) atoms. The summed E-state index contributed by atoms with van der Waals surface area (Å²) in [5.41, 5.74) is 0.209. The van der Waals surface area contributed by atoms with E-state index in [1.807, 2.05) is 0 Å². The second-order valence-corrected chi connectivity index (χ2v) is 6.09. The van der Waals surface area contributed by atoms with E-state index in [9.17, 15) is 0 Å². The lowest BCUT2D eigenvalue weighted by Gasteiger charge is -2.27. The van der Waals surface area contributed by atoms with Crippen LogP contribution < -0.4 is 0 Å². The largest absolute Gasteiger partial charge is 0.146 e. The molecule has 0 heterocycles. The molecule has 0 N–H and O–H groups in total. The molecule has 0 spiro atoms. The first-order chi connectivity index (χ1) is 5.07. The lowest BCUT2D eigenvalue weighted by molar-refractivity contribution is 0.488. The third-order valence-electron chi connectivity index (χ3n) is 1.65. The van der Waals surface area contributed by atoms with Crippen molar-refractivity contribution in [1.82, 2.24) is 0 Å². The zero-order chi connectivity index (χ0) is 10.2. The monoisotopic (exact) mass is 204 g/mol. The number of rotatable bonds is 0. The summed E-state index contributed by atoms with van der Waals surface area (Å²) in [6, 6.07) is 0. The first-order valence-electron chi connectivity index (χ1n) is 4.20. The van der Waals surface area contributed by atoms with Crippen LogP contribution in [0, 0.1) is 10.8 Å². The minimum atomic E-state index is 0.105. The molecule has 0 rings (SSSR count). The van der Waals surface area contributed by atoms with Crippen molar-refractivity contribution >= 4 is 25.3 Å². The fourth-order valence-corrected chi connectivity index (χ4v) is 1.38. The molecule has 0 atom stereocenters. The van der Waals surface area contributed by atoms with Crippen LogP contribution in [0.25, 0.3) is 0 Å². The molecule has 0 amide bonds. The van der Waals surface area contributed by atoms with Gasteiger partial charge in [0.2, 0.25) is 0 Å². The molecule has 0 aromatic carbocycles. The molecule has 0 bridgehead atoms. The van der Waals surface area contributed by atoms with E-state index in [1.54, 1.807) is 0 Å². The van der Waals surface area contributed by atoms with Crippen molar-refractivity contribution in [1.29, 1.82) is 0 Å². The van der Waals surface area contributed by atoms with E-state index >= 15 is 0 Å². The maximum Gasteiger partial charge on any atom is -0.00327 e. The van der Waals surface area contributed by atoms with Gasteiger partial charge in [-0.1, -0.05) is 41.5 Å². The van der Waals surface area contributed by atoms with Gasteiger partial charge in [0.15, 0.2) is 0 Å². The molecular weight excluding hydrogens is 184 g/mol. The zero-order valence-corrected chi connectivity index (χ0v) is 10.7. The van der Waals surface area contributed by atoms with Crippen LogP contribution in [0.4, 0.5) is 0 Å². The molecule has 2 heteroatoms. The molecule has 0 saturated heterocycles. The molecule has 0 aliphatic carbocycles. The standard InChI is InChI=1S/C10H20S2/c1-9(2,3)7(11)8(12)10(4,5)6/h11-12H,1-6H3/b8-7+. The molecule has 72 valence electrons. The fourth-order valence-electron chi connectivity index (χ4n) is 0.710. The lowest BCUT2D eigenvalue weighted by Crippen LogP contribution is -2.13. The van der Waals surface area contributed by atoms with Crippen LogP contribution >= 0.6 is 25.3 Å². The highest BCUT2D eigenvalue weighted by atomic mass is 32.1. The van der Waals surface area contributed by atoms with Crippen molar-refractivity contribution in [3.63, 3.8) is 0 Å². The molecular formula is C10H20S2. The predicted octanol–water partition coefficient (Wildman–Crippen LogP) is 4.15. The molecule has 0 unspecified atom stereocenters. The summed E-state index contributed by atoms with van der Waals surface area (Å²) in [6.45, 7) is 12.9. The smallest absolute Gasteiger partial charge is 0.00327 e. The Bertz CT molecular complexity index is 167. The maximum absolute atomic E-state index is 4.50. The van der Waals surface area contributed by atoms with Crippen molar-refractivity contribution in [3.05, 3.63) is 9.81 Å². The van der Waals surface area contributed by atoms with Crippen LogP contribution in [-0.2, 0) is 0 Å². The second-order valence-electron chi connectivity index (χ2n) is 5.20. The molecule has 0 aromatic rings. The van der Waals surface area contributed by atoms with Crippen LogP contribution in [0.2, 0.25) is 0 Å². The maximum atomic E-state index is 4.50. The second kappa shape index (κ2) is 3.67.